The van der Waals surface area contributed by atoms with Crippen molar-refractivity contribution in [1.29, 1.82) is 0 Å². The van der Waals surface area contributed by atoms with Crippen molar-refractivity contribution in [1.82, 2.24) is 15.3 Å². The summed E-state index contributed by atoms with van der Waals surface area (Å²) in [5.41, 5.74) is 10.5. The minimum atomic E-state index is -0.327. The van der Waals surface area contributed by atoms with E-state index in [4.69, 9.17) is 22.3 Å². The zero-order valence-electron chi connectivity index (χ0n) is 21.4. The summed E-state index contributed by atoms with van der Waals surface area (Å²) in [6.45, 7) is 0.517. The van der Waals surface area contributed by atoms with Gasteiger partial charge in [-0.25, -0.2) is 4.98 Å². The Morgan fingerprint density at radius 3 is 2.32 bits per heavy atom. The number of benzene rings is 3. The first-order valence-corrected chi connectivity index (χ1v) is 12.9. The maximum atomic E-state index is 13.1. The molecule has 1 atom stereocenters. The van der Waals surface area contributed by atoms with Crippen molar-refractivity contribution in [2.45, 2.75) is 18.9 Å². The monoisotopic (exact) mass is 530 g/mol. The van der Waals surface area contributed by atoms with Crippen LogP contribution >= 0.6 is 11.6 Å². The van der Waals surface area contributed by atoms with Crippen LogP contribution in [0.1, 0.15) is 35.1 Å². The van der Waals surface area contributed by atoms with Gasteiger partial charge in [0, 0.05) is 31.9 Å². The molecule has 3 aromatic carbocycles. The molecule has 0 unspecified atom stereocenters. The van der Waals surface area contributed by atoms with Crippen molar-refractivity contribution in [2.24, 2.45) is 21.0 Å². The zero-order valence-corrected chi connectivity index (χ0v) is 22.2. The number of nitrogens with two attached hydrogens (primary N) is 1. The van der Waals surface area contributed by atoms with Crippen LogP contribution in [0.4, 0.5) is 17.1 Å². The molecule has 0 fully saturated rings. The Hall–Kier alpha value is -4.24. The molecule has 4 rings (SSSR count). The highest BCUT2D eigenvalue weighted by atomic mass is 35.5. The number of rotatable bonds is 11. The highest BCUT2D eigenvalue weighted by Crippen LogP contribution is 2.23. The minimum Gasteiger partial charge on any atom is -0.386 e. The van der Waals surface area contributed by atoms with E-state index in [0.717, 1.165) is 22.4 Å². The number of alkyl halides is 1. The van der Waals surface area contributed by atoms with E-state index in [9.17, 15) is 4.79 Å². The molecule has 0 bridgehead atoms. The predicted molar refractivity (Wildman–Crippen MR) is 154 cm³/mol. The average Bonchev–Trinajstić information content (AvgIpc) is 3.38. The number of imidazole rings is 1. The summed E-state index contributed by atoms with van der Waals surface area (Å²) in [7, 11) is 3.97. The number of hydrogen-bond donors (Lipinski definition) is 3. The molecular weight excluding hydrogens is 500 g/mol. The van der Waals surface area contributed by atoms with Gasteiger partial charge in [0.1, 0.15) is 11.7 Å². The van der Waals surface area contributed by atoms with Gasteiger partial charge in [-0.05, 0) is 73.5 Å². The summed E-state index contributed by atoms with van der Waals surface area (Å²) in [4.78, 5) is 27.4. The summed E-state index contributed by atoms with van der Waals surface area (Å²) in [5.74, 6) is 1.09. The lowest BCUT2D eigenvalue weighted by Crippen LogP contribution is -2.29. The van der Waals surface area contributed by atoms with Crippen LogP contribution in [-0.4, -0.2) is 48.2 Å². The van der Waals surface area contributed by atoms with Crippen LogP contribution in [0.5, 0.6) is 0 Å². The fraction of sp³-hybridized carbons (Fsp3) is 0.250. The number of para-hydroxylation sites is 2. The number of H-pyrrole nitrogens is 1. The number of halogens is 1. The molecule has 4 N–H and O–H groups in total. The number of fused-ring (bicyclic) bond motifs is 1. The van der Waals surface area contributed by atoms with E-state index in [-0.39, 0.29) is 17.8 Å². The summed E-state index contributed by atoms with van der Waals surface area (Å²) in [6, 6.07) is 22.2. The molecule has 10 heteroatoms. The number of hydrogen-bond acceptors (Lipinski definition) is 6. The van der Waals surface area contributed by atoms with E-state index in [1.54, 1.807) is 24.3 Å². The van der Waals surface area contributed by atoms with Crippen molar-refractivity contribution in [2.75, 3.05) is 31.4 Å². The number of amidine groups is 1. The summed E-state index contributed by atoms with van der Waals surface area (Å²) < 4.78 is 0. The van der Waals surface area contributed by atoms with Gasteiger partial charge in [0.25, 0.3) is 5.91 Å². The van der Waals surface area contributed by atoms with Crippen molar-refractivity contribution in [3.05, 3.63) is 84.2 Å². The fourth-order valence-electron chi connectivity index (χ4n) is 3.83. The van der Waals surface area contributed by atoms with E-state index in [2.05, 4.69) is 25.5 Å². The summed E-state index contributed by atoms with van der Waals surface area (Å²) in [5, 5.41) is 11.7. The third-order valence-corrected chi connectivity index (χ3v) is 6.20. The Balaban J connectivity index is 1.44. The Labute approximate surface area is 226 Å². The molecule has 0 radical (unpaired) electrons. The van der Waals surface area contributed by atoms with E-state index >= 15 is 0 Å². The number of carbonyl (C=O) groups excluding carboxylic acids is 1. The second-order valence-electron chi connectivity index (χ2n) is 8.97. The lowest BCUT2D eigenvalue weighted by atomic mass is 10.1. The molecular formula is C28H31ClN8O. The molecule has 0 spiro atoms. The molecule has 9 nitrogen and oxygen atoms in total. The molecule has 0 saturated heterocycles. The maximum absolute atomic E-state index is 13.1. The number of aromatic amines is 1. The lowest BCUT2D eigenvalue weighted by Gasteiger charge is -2.16. The molecule has 1 amide bonds. The van der Waals surface area contributed by atoms with Crippen molar-refractivity contribution >= 4 is 51.4 Å². The van der Waals surface area contributed by atoms with Crippen LogP contribution in [0.3, 0.4) is 0 Å². The smallest absolute Gasteiger partial charge is 0.251 e. The molecule has 0 aliphatic rings. The zero-order chi connectivity index (χ0) is 26.9. The number of anilines is 1. The predicted octanol–water partition coefficient (Wildman–Crippen LogP) is 5.89. The Morgan fingerprint density at radius 2 is 1.68 bits per heavy atom. The molecule has 0 saturated carbocycles. The van der Waals surface area contributed by atoms with Gasteiger partial charge in [0.15, 0.2) is 0 Å². The number of aromatic nitrogens is 2. The number of aliphatic imine (C=N–C) groups is 1. The lowest BCUT2D eigenvalue weighted by molar-refractivity contribution is 0.0932. The largest absolute Gasteiger partial charge is 0.386 e. The Kier molecular flexibility index (Phi) is 9.05. The van der Waals surface area contributed by atoms with Gasteiger partial charge in [0.05, 0.1) is 34.3 Å². The second kappa shape index (κ2) is 12.8. The Morgan fingerprint density at radius 1 is 1.03 bits per heavy atom. The number of amides is 1. The Bertz CT molecular complexity index is 1380. The molecule has 1 heterocycles. The van der Waals surface area contributed by atoms with Crippen LogP contribution in [0.25, 0.3) is 11.0 Å². The standard InChI is InChI=1S/C28H31ClN8O/c1-37(2)22-15-13-21(14-16-22)36-35-20-11-9-19(10-12-20)28(38)34-25(8-5-17-31-26(30)18-29)27-32-23-6-3-4-7-24(23)33-27/h3-4,6-7,9-16,25H,5,8,17-18H2,1-2H3,(H2,30,31)(H,32,33)(H,34,38)/t25-/m0/s1. The van der Waals surface area contributed by atoms with Crippen LogP contribution in [0, 0.1) is 0 Å². The van der Waals surface area contributed by atoms with E-state index < -0.39 is 0 Å². The van der Waals surface area contributed by atoms with E-state index in [0.29, 0.717) is 42.3 Å². The number of nitrogens with one attached hydrogen (secondary N) is 2. The first-order valence-electron chi connectivity index (χ1n) is 12.3. The summed E-state index contributed by atoms with van der Waals surface area (Å²) in [6.07, 6.45) is 1.33. The maximum Gasteiger partial charge on any atom is 0.251 e. The quantitative estimate of drug-likeness (QED) is 0.0734. The van der Waals surface area contributed by atoms with Crippen LogP contribution in [-0.2, 0) is 0 Å². The van der Waals surface area contributed by atoms with Gasteiger partial charge < -0.3 is 20.9 Å². The number of carbonyl (C=O) groups is 1. The van der Waals surface area contributed by atoms with E-state index in [1.165, 1.54) is 0 Å². The molecule has 196 valence electrons. The van der Waals surface area contributed by atoms with Crippen molar-refractivity contribution < 1.29 is 4.79 Å². The normalized spacial score (nSPS) is 12.7. The minimum absolute atomic E-state index is 0.196. The van der Waals surface area contributed by atoms with Gasteiger partial charge in [-0.15, -0.1) is 11.6 Å². The van der Waals surface area contributed by atoms with E-state index in [1.807, 2.05) is 67.5 Å². The number of nitrogens with zero attached hydrogens (tertiary/aromatic N) is 5. The molecule has 4 aromatic rings. The molecule has 0 aliphatic heterocycles. The van der Waals surface area contributed by atoms with Gasteiger partial charge in [-0.3, -0.25) is 9.79 Å². The third-order valence-electron chi connectivity index (χ3n) is 5.92. The highest BCUT2D eigenvalue weighted by molar-refractivity contribution is 6.27. The molecule has 0 aliphatic carbocycles. The fourth-order valence-corrected chi connectivity index (χ4v) is 3.91. The third kappa shape index (κ3) is 7.17. The SMILES string of the molecule is CN(C)c1ccc(N=Nc2ccc(C(=O)N[C@@H](CCCN=C(N)CCl)c3nc4ccccc4[nH]3)cc2)cc1. The van der Waals surface area contributed by atoms with Crippen LogP contribution < -0.4 is 16.0 Å². The summed E-state index contributed by atoms with van der Waals surface area (Å²) >= 11 is 5.71. The van der Waals surface area contributed by atoms with Crippen molar-refractivity contribution in [3.63, 3.8) is 0 Å². The van der Waals surface area contributed by atoms with Gasteiger partial charge in [0.2, 0.25) is 0 Å². The first kappa shape index (κ1) is 26.8. The number of azo groups is 1. The van der Waals surface area contributed by atoms with Gasteiger partial charge >= 0.3 is 0 Å². The molecule has 38 heavy (non-hydrogen) atoms. The average molecular weight is 531 g/mol. The van der Waals surface area contributed by atoms with Gasteiger partial charge in [-0.2, -0.15) is 10.2 Å². The second-order valence-corrected chi connectivity index (χ2v) is 9.24. The topological polar surface area (TPSA) is 124 Å². The van der Waals surface area contributed by atoms with Crippen molar-refractivity contribution in [3.8, 4) is 0 Å². The first-order chi connectivity index (χ1) is 18.4. The molecule has 1 aromatic heterocycles. The van der Waals surface area contributed by atoms with Crippen LogP contribution in [0.2, 0.25) is 0 Å². The van der Waals surface area contributed by atoms with Gasteiger partial charge in [-0.1, -0.05) is 12.1 Å². The highest BCUT2D eigenvalue weighted by Gasteiger charge is 2.19. The van der Waals surface area contributed by atoms with Crippen LogP contribution in [0.15, 0.2) is 88.0 Å².